The molecule has 116 valence electrons. The summed E-state index contributed by atoms with van der Waals surface area (Å²) in [5.41, 5.74) is 0. The second kappa shape index (κ2) is 12.3. The summed E-state index contributed by atoms with van der Waals surface area (Å²) in [5.74, 6) is -2.35. The van der Waals surface area contributed by atoms with E-state index in [9.17, 15) is 19.2 Å². The van der Waals surface area contributed by atoms with Crippen molar-refractivity contribution in [2.75, 3.05) is 0 Å². The fourth-order valence-corrected chi connectivity index (χ4v) is 1.39. The molecule has 1 unspecified atom stereocenters. The largest absolute Gasteiger partial charge is 0.481 e. The Balaban J connectivity index is 0. The van der Waals surface area contributed by atoms with Gasteiger partial charge in [0.1, 0.15) is 11.6 Å². The Labute approximate surface area is 119 Å². The zero-order valence-corrected chi connectivity index (χ0v) is 12.3. The Morgan fingerprint density at radius 2 is 1.50 bits per heavy atom. The first-order chi connectivity index (χ1) is 9.20. The third-order valence-electron chi connectivity index (χ3n) is 2.48. The van der Waals surface area contributed by atoms with Gasteiger partial charge in [0.25, 0.3) is 0 Å². The average Bonchev–Trinajstić information content (AvgIpc) is 2.32. The maximum Gasteiger partial charge on any atom is 0.306 e. The molecule has 0 heterocycles. The summed E-state index contributed by atoms with van der Waals surface area (Å²) in [7, 11) is 0. The van der Waals surface area contributed by atoms with Gasteiger partial charge in [-0.25, -0.2) is 0 Å². The number of carbonyl (C=O) groups is 4. The maximum atomic E-state index is 10.7. The van der Waals surface area contributed by atoms with Crippen molar-refractivity contribution in [2.45, 2.75) is 59.3 Å². The van der Waals surface area contributed by atoms with Crippen LogP contribution in [0.4, 0.5) is 0 Å². The number of ketones is 2. The number of Topliss-reactive ketones (excluding diaryl/α,β-unsaturated/α-hetero) is 2. The second-order valence-corrected chi connectivity index (χ2v) is 4.68. The van der Waals surface area contributed by atoms with Crippen molar-refractivity contribution in [1.29, 1.82) is 0 Å². The van der Waals surface area contributed by atoms with E-state index in [1.807, 2.05) is 6.92 Å². The van der Waals surface area contributed by atoms with Crippen molar-refractivity contribution in [2.24, 2.45) is 5.92 Å². The SMILES string of the molecule is CC(=O)CCC(=O)O.CCCCC(CC(C)=O)C(=O)O. The van der Waals surface area contributed by atoms with Crippen LogP contribution >= 0.6 is 0 Å². The topological polar surface area (TPSA) is 109 Å². The van der Waals surface area contributed by atoms with Gasteiger partial charge < -0.3 is 19.8 Å². The Hall–Kier alpha value is -1.72. The molecule has 0 aromatic carbocycles. The van der Waals surface area contributed by atoms with Gasteiger partial charge in [-0.2, -0.15) is 0 Å². The lowest BCUT2D eigenvalue weighted by Gasteiger charge is -2.08. The normalized spacial score (nSPS) is 10.9. The monoisotopic (exact) mass is 288 g/mol. The molecule has 6 nitrogen and oxygen atoms in total. The lowest BCUT2D eigenvalue weighted by atomic mass is 9.97. The Bertz CT molecular complexity index is 321. The highest BCUT2D eigenvalue weighted by Gasteiger charge is 2.18. The number of hydrogen-bond donors (Lipinski definition) is 2. The summed E-state index contributed by atoms with van der Waals surface area (Å²) in [5, 5.41) is 16.7. The van der Waals surface area contributed by atoms with Crippen LogP contribution in [0.1, 0.15) is 59.3 Å². The van der Waals surface area contributed by atoms with Gasteiger partial charge in [0.05, 0.1) is 12.3 Å². The summed E-state index contributed by atoms with van der Waals surface area (Å²) in [6.45, 7) is 4.82. The molecule has 0 radical (unpaired) electrons. The predicted octanol–water partition coefficient (Wildman–Crippen LogP) is 2.30. The Morgan fingerprint density at radius 3 is 1.75 bits per heavy atom. The van der Waals surface area contributed by atoms with Crippen molar-refractivity contribution in [3.63, 3.8) is 0 Å². The molecule has 0 aliphatic carbocycles. The van der Waals surface area contributed by atoms with Crippen LogP contribution < -0.4 is 0 Å². The third-order valence-corrected chi connectivity index (χ3v) is 2.48. The van der Waals surface area contributed by atoms with E-state index in [2.05, 4.69) is 0 Å². The van der Waals surface area contributed by atoms with Crippen LogP contribution in [0.5, 0.6) is 0 Å². The molecule has 0 amide bonds. The number of aliphatic carboxylic acids is 2. The Kier molecular flexibility index (Phi) is 12.7. The fraction of sp³-hybridized carbons (Fsp3) is 0.714. The van der Waals surface area contributed by atoms with Gasteiger partial charge in [0, 0.05) is 12.8 Å². The molecule has 0 bridgehead atoms. The minimum absolute atomic E-state index is 0.0431. The van der Waals surface area contributed by atoms with E-state index in [0.717, 1.165) is 12.8 Å². The van der Waals surface area contributed by atoms with Crippen molar-refractivity contribution >= 4 is 23.5 Å². The molecule has 20 heavy (non-hydrogen) atoms. The molecular weight excluding hydrogens is 264 g/mol. The molecule has 0 saturated heterocycles. The summed E-state index contributed by atoms with van der Waals surface area (Å²) < 4.78 is 0. The minimum atomic E-state index is -0.916. The van der Waals surface area contributed by atoms with Crippen LogP contribution in [0.15, 0.2) is 0 Å². The molecule has 1 atom stereocenters. The highest BCUT2D eigenvalue weighted by Crippen LogP contribution is 2.13. The predicted molar refractivity (Wildman–Crippen MR) is 73.5 cm³/mol. The lowest BCUT2D eigenvalue weighted by molar-refractivity contribution is -0.143. The first kappa shape index (κ1) is 20.6. The summed E-state index contributed by atoms with van der Waals surface area (Å²) in [6.07, 6.45) is 2.75. The summed E-state index contributed by atoms with van der Waals surface area (Å²) >= 11 is 0. The number of carbonyl (C=O) groups excluding carboxylic acids is 2. The zero-order chi connectivity index (χ0) is 16.1. The quantitative estimate of drug-likeness (QED) is 0.673. The average molecular weight is 288 g/mol. The molecule has 0 aromatic heterocycles. The maximum absolute atomic E-state index is 10.7. The number of hydrogen-bond acceptors (Lipinski definition) is 4. The molecule has 0 rings (SSSR count). The number of carboxylic acid groups (broad SMARTS) is 2. The van der Waals surface area contributed by atoms with E-state index in [4.69, 9.17) is 10.2 Å². The van der Waals surface area contributed by atoms with Crippen LogP contribution in [-0.2, 0) is 19.2 Å². The third kappa shape index (κ3) is 16.3. The molecule has 0 aliphatic rings. The summed E-state index contributed by atoms with van der Waals surface area (Å²) in [6, 6.07) is 0. The van der Waals surface area contributed by atoms with Gasteiger partial charge in [0.2, 0.25) is 0 Å². The van der Waals surface area contributed by atoms with Gasteiger partial charge in [-0.15, -0.1) is 0 Å². The number of unbranched alkanes of at least 4 members (excludes halogenated alkanes) is 1. The standard InChI is InChI=1S/C9H16O3.C5H8O3/c1-3-4-5-8(9(11)12)6-7(2)10;1-4(6)2-3-5(7)8/h8H,3-6H2,1-2H3,(H,11,12);2-3H2,1H3,(H,7,8). The van der Waals surface area contributed by atoms with Crippen LogP contribution in [0.3, 0.4) is 0 Å². The molecule has 0 fully saturated rings. The van der Waals surface area contributed by atoms with E-state index < -0.39 is 17.9 Å². The van der Waals surface area contributed by atoms with E-state index >= 15 is 0 Å². The lowest BCUT2D eigenvalue weighted by Crippen LogP contribution is -2.16. The van der Waals surface area contributed by atoms with Gasteiger partial charge in [-0.1, -0.05) is 19.8 Å². The number of rotatable bonds is 9. The van der Waals surface area contributed by atoms with Crippen molar-refractivity contribution < 1.29 is 29.4 Å². The second-order valence-electron chi connectivity index (χ2n) is 4.68. The van der Waals surface area contributed by atoms with Gasteiger partial charge >= 0.3 is 11.9 Å². The van der Waals surface area contributed by atoms with Crippen LogP contribution in [-0.4, -0.2) is 33.7 Å². The number of carboxylic acids is 2. The molecule has 6 heteroatoms. The van der Waals surface area contributed by atoms with E-state index in [1.165, 1.54) is 13.8 Å². The molecule has 0 aromatic rings. The molecule has 0 aliphatic heterocycles. The molecule has 0 saturated carbocycles. The first-order valence-corrected chi connectivity index (χ1v) is 6.64. The highest BCUT2D eigenvalue weighted by atomic mass is 16.4. The first-order valence-electron chi connectivity index (χ1n) is 6.64. The smallest absolute Gasteiger partial charge is 0.306 e. The fourth-order valence-electron chi connectivity index (χ4n) is 1.39. The van der Waals surface area contributed by atoms with Gasteiger partial charge in [-0.3, -0.25) is 9.59 Å². The van der Waals surface area contributed by atoms with E-state index in [1.54, 1.807) is 0 Å². The van der Waals surface area contributed by atoms with Crippen LogP contribution in [0.25, 0.3) is 0 Å². The highest BCUT2D eigenvalue weighted by molar-refractivity contribution is 5.82. The van der Waals surface area contributed by atoms with Crippen molar-refractivity contribution in [3.8, 4) is 0 Å². The Morgan fingerprint density at radius 1 is 0.950 bits per heavy atom. The molecule has 2 N–H and O–H groups in total. The molecular formula is C14H24O6. The van der Waals surface area contributed by atoms with Crippen LogP contribution in [0, 0.1) is 5.92 Å². The summed E-state index contributed by atoms with van der Waals surface area (Å²) in [4.78, 5) is 41.1. The minimum Gasteiger partial charge on any atom is -0.481 e. The van der Waals surface area contributed by atoms with Crippen LogP contribution in [0.2, 0.25) is 0 Å². The van der Waals surface area contributed by atoms with Crippen molar-refractivity contribution in [3.05, 3.63) is 0 Å². The van der Waals surface area contributed by atoms with Crippen molar-refractivity contribution in [1.82, 2.24) is 0 Å². The van der Waals surface area contributed by atoms with Gasteiger partial charge in [0.15, 0.2) is 0 Å². The van der Waals surface area contributed by atoms with E-state index in [0.29, 0.717) is 6.42 Å². The van der Waals surface area contributed by atoms with Gasteiger partial charge in [-0.05, 0) is 20.3 Å². The molecule has 0 spiro atoms. The zero-order valence-electron chi connectivity index (χ0n) is 12.3. The van der Waals surface area contributed by atoms with E-state index in [-0.39, 0.29) is 30.8 Å².